The quantitative estimate of drug-likeness (QED) is 0.802. The van der Waals surface area contributed by atoms with E-state index in [1.807, 2.05) is 11.7 Å². The van der Waals surface area contributed by atoms with Crippen molar-refractivity contribution in [2.24, 2.45) is 0 Å². The van der Waals surface area contributed by atoms with Gasteiger partial charge in [0.15, 0.2) is 3.95 Å². The van der Waals surface area contributed by atoms with Crippen LogP contribution in [0.2, 0.25) is 0 Å². The van der Waals surface area contributed by atoms with Crippen LogP contribution in [0.4, 0.5) is 5.13 Å². The van der Waals surface area contributed by atoms with E-state index in [9.17, 15) is 0 Å². The molecule has 1 saturated heterocycles. The fourth-order valence-corrected chi connectivity index (χ4v) is 2.56. The molecular formula is C8H14N4S2. The first-order chi connectivity index (χ1) is 6.79. The zero-order valence-electron chi connectivity index (χ0n) is 8.19. The Kier molecular flexibility index (Phi) is 3.15. The topological polar surface area (TPSA) is 33.1 Å². The summed E-state index contributed by atoms with van der Waals surface area (Å²) in [5.74, 6) is 0. The van der Waals surface area contributed by atoms with Gasteiger partial charge in [-0.3, -0.25) is 4.90 Å². The Morgan fingerprint density at radius 3 is 2.79 bits per heavy atom. The zero-order valence-corrected chi connectivity index (χ0v) is 9.83. The molecule has 0 aromatic carbocycles. The number of hydrogen-bond acceptors (Lipinski definition) is 5. The maximum absolute atomic E-state index is 5.23. The highest BCUT2D eigenvalue weighted by atomic mass is 32.1. The van der Waals surface area contributed by atoms with Crippen LogP contribution in [0, 0.1) is 3.95 Å². The molecule has 1 N–H and O–H groups in total. The lowest BCUT2D eigenvalue weighted by atomic mass is 10.4. The average molecular weight is 230 g/mol. The van der Waals surface area contributed by atoms with E-state index in [4.69, 9.17) is 12.2 Å². The summed E-state index contributed by atoms with van der Waals surface area (Å²) in [6.45, 7) is 3.19. The second-order valence-corrected chi connectivity index (χ2v) is 5.01. The van der Waals surface area contributed by atoms with Crippen molar-refractivity contribution < 1.29 is 0 Å². The van der Waals surface area contributed by atoms with Crippen molar-refractivity contribution in [2.45, 2.75) is 19.5 Å². The third kappa shape index (κ3) is 2.13. The van der Waals surface area contributed by atoms with Crippen LogP contribution in [0.15, 0.2) is 0 Å². The summed E-state index contributed by atoms with van der Waals surface area (Å²) in [5, 5.41) is 8.28. The van der Waals surface area contributed by atoms with E-state index < -0.39 is 0 Å². The molecule has 6 heteroatoms. The van der Waals surface area contributed by atoms with Gasteiger partial charge >= 0.3 is 0 Å². The van der Waals surface area contributed by atoms with Crippen molar-refractivity contribution >= 4 is 28.7 Å². The third-order valence-electron chi connectivity index (χ3n) is 2.35. The van der Waals surface area contributed by atoms with Crippen LogP contribution < -0.4 is 5.32 Å². The van der Waals surface area contributed by atoms with E-state index in [1.165, 1.54) is 37.3 Å². The van der Waals surface area contributed by atoms with Gasteiger partial charge in [0.25, 0.3) is 0 Å². The highest BCUT2D eigenvalue weighted by Gasteiger charge is 2.13. The first kappa shape index (κ1) is 10.1. The van der Waals surface area contributed by atoms with Crippen molar-refractivity contribution in [1.29, 1.82) is 0 Å². The highest BCUT2D eigenvalue weighted by molar-refractivity contribution is 7.73. The Morgan fingerprint density at radius 2 is 2.21 bits per heavy atom. The number of nitrogens with zero attached hydrogens (tertiary/aromatic N) is 3. The standard InChI is InChI=1S/C8H14N4S2/c1-9-7-10-12(8(13)14-7)6-11-4-2-3-5-11/h2-6H2,1H3,(H,9,10). The normalized spacial score (nSPS) is 17.5. The monoisotopic (exact) mass is 230 g/mol. The van der Waals surface area contributed by atoms with Crippen LogP contribution in [-0.4, -0.2) is 34.8 Å². The largest absolute Gasteiger partial charge is 0.363 e. The summed E-state index contributed by atoms with van der Waals surface area (Å²) in [6, 6.07) is 0. The van der Waals surface area contributed by atoms with E-state index in [1.54, 1.807) is 0 Å². The van der Waals surface area contributed by atoms with E-state index >= 15 is 0 Å². The molecule has 1 aromatic heterocycles. The molecule has 0 saturated carbocycles. The van der Waals surface area contributed by atoms with Gasteiger partial charge in [0.2, 0.25) is 5.13 Å². The second-order valence-electron chi connectivity index (χ2n) is 3.39. The molecule has 1 aliphatic rings. The molecule has 0 bridgehead atoms. The number of hydrogen-bond donors (Lipinski definition) is 1. The van der Waals surface area contributed by atoms with E-state index in [0.717, 1.165) is 15.8 Å². The van der Waals surface area contributed by atoms with Crippen LogP contribution in [0.25, 0.3) is 0 Å². The minimum atomic E-state index is 0.844. The average Bonchev–Trinajstić information content (AvgIpc) is 2.78. The number of nitrogens with one attached hydrogen (secondary N) is 1. The van der Waals surface area contributed by atoms with Gasteiger partial charge in [0.1, 0.15) is 0 Å². The van der Waals surface area contributed by atoms with E-state index in [2.05, 4.69) is 15.3 Å². The van der Waals surface area contributed by atoms with Crippen LogP contribution >= 0.6 is 23.6 Å². The molecule has 1 aliphatic heterocycles. The fourth-order valence-electron chi connectivity index (χ4n) is 1.61. The Labute approximate surface area is 92.5 Å². The first-order valence-corrected chi connectivity index (χ1v) is 6.00. The van der Waals surface area contributed by atoms with E-state index in [0.29, 0.717) is 0 Å². The molecule has 1 aromatic rings. The summed E-state index contributed by atoms with van der Waals surface area (Å²) in [4.78, 5) is 2.38. The van der Waals surface area contributed by atoms with Crippen molar-refractivity contribution in [2.75, 3.05) is 25.5 Å². The van der Waals surface area contributed by atoms with Crippen LogP contribution in [0.1, 0.15) is 12.8 Å². The fraction of sp³-hybridized carbons (Fsp3) is 0.750. The SMILES string of the molecule is CNc1nn(CN2CCCC2)c(=S)s1. The zero-order chi connectivity index (χ0) is 9.97. The molecule has 0 amide bonds. The van der Waals surface area contributed by atoms with Crippen LogP contribution in [-0.2, 0) is 6.67 Å². The molecule has 14 heavy (non-hydrogen) atoms. The van der Waals surface area contributed by atoms with Crippen molar-refractivity contribution in [3.8, 4) is 0 Å². The lowest BCUT2D eigenvalue weighted by Gasteiger charge is -2.13. The number of aromatic nitrogens is 2. The van der Waals surface area contributed by atoms with Crippen molar-refractivity contribution in [1.82, 2.24) is 14.7 Å². The minimum Gasteiger partial charge on any atom is -0.363 e. The van der Waals surface area contributed by atoms with Gasteiger partial charge in [-0.25, -0.2) is 4.68 Å². The summed E-state index contributed by atoms with van der Waals surface area (Å²) in [5.41, 5.74) is 0. The maximum atomic E-state index is 5.23. The summed E-state index contributed by atoms with van der Waals surface area (Å²) in [7, 11) is 1.87. The Bertz CT molecular complexity index is 350. The molecule has 0 atom stereocenters. The van der Waals surface area contributed by atoms with Gasteiger partial charge in [0, 0.05) is 7.05 Å². The van der Waals surface area contributed by atoms with Gasteiger partial charge in [0.05, 0.1) is 6.67 Å². The minimum absolute atomic E-state index is 0.844. The molecule has 78 valence electrons. The van der Waals surface area contributed by atoms with Gasteiger partial charge < -0.3 is 5.32 Å². The Balaban J connectivity index is 2.07. The maximum Gasteiger partial charge on any atom is 0.204 e. The van der Waals surface area contributed by atoms with Crippen molar-refractivity contribution in [3.63, 3.8) is 0 Å². The first-order valence-electron chi connectivity index (χ1n) is 4.77. The smallest absolute Gasteiger partial charge is 0.204 e. The number of anilines is 1. The van der Waals surface area contributed by atoms with Gasteiger partial charge in [-0.2, -0.15) is 0 Å². The number of rotatable bonds is 3. The molecular weight excluding hydrogens is 216 g/mol. The molecule has 4 nitrogen and oxygen atoms in total. The third-order valence-corrected chi connectivity index (χ3v) is 3.68. The van der Waals surface area contributed by atoms with Gasteiger partial charge in [-0.15, -0.1) is 5.10 Å². The predicted octanol–water partition coefficient (Wildman–Crippen LogP) is 1.77. The van der Waals surface area contributed by atoms with Crippen LogP contribution in [0.3, 0.4) is 0 Å². The Morgan fingerprint density at radius 1 is 1.50 bits per heavy atom. The molecule has 0 aliphatic carbocycles. The summed E-state index contributed by atoms with van der Waals surface area (Å²) < 4.78 is 2.75. The summed E-state index contributed by atoms with van der Waals surface area (Å²) >= 11 is 6.75. The number of likely N-dealkylation sites (tertiary alicyclic amines) is 1. The predicted molar refractivity (Wildman–Crippen MR) is 61.3 cm³/mol. The lowest BCUT2D eigenvalue weighted by Crippen LogP contribution is -2.23. The molecule has 2 heterocycles. The highest BCUT2D eigenvalue weighted by Crippen LogP contribution is 2.15. The lowest BCUT2D eigenvalue weighted by molar-refractivity contribution is 0.255. The molecule has 2 rings (SSSR count). The summed E-state index contributed by atoms with van der Waals surface area (Å²) in [6.07, 6.45) is 2.60. The molecule has 0 unspecified atom stereocenters. The van der Waals surface area contributed by atoms with E-state index in [-0.39, 0.29) is 0 Å². The van der Waals surface area contributed by atoms with Gasteiger partial charge in [-0.1, -0.05) is 11.3 Å². The molecule has 1 fully saturated rings. The molecule has 0 spiro atoms. The Hall–Kier alpha value is -0.460. The molecule has 0 radical (unpaired) electrons. The van der Waals surface area contributed by atoms with Crippen molar-refractivity contribution in [3.05, 3.63) is 3.95 Å². The van der Waals surface area contributed by atoms with Crippen LogP contribution in [0.5, 0.6) is 0 Å². The van der Waals surface area contributed by atoms with Gasteiger partial charge in [-0.05, 0) is 38.1 Å². The second kappa shape index (κ2) is 4.37.